The molecule has 0 unspecified atom stereocenters. The molecule has 1 saturated heterocycles. The molecule has 1 fully saturated rings. The smallest absolute Gasteiger partial charge is 0.410 e. The highest BCUT2D eigenvalue weighted by Gasteiger charge is 2.39. The lowest BCUT2D eigenvalue weighted by molar-refractivity contribution is 0.0282. The fourth-order valence-corrected chi connectivity index (χ4v) is 3.23. The second-order valence-electron chi connectivity index (χ2n) is 7.95. The molecule has 1 aliphatic rings. The zero-order valence-corrected chi connectivity index (χ0v) is 17.9. The summed E-state index contributed by atoms with van der Waals surface area (Å²) < 4.78 is 38.1. The van der Waals surface area contributed by atoms with E-state index >= 15 is 0 Å². The Bertz CT molecular complexity index is 806. The standard InChI is InChI=1S/C19H28N2O7S/c1-19(2,3)28-18(23)21-10-15(13-27-29(4,24)25)16(11-21)20-17(22)26-12-14-8-6-5-7-9-14/h5-9,15-16H,10-13H2,1-4H3,(H,20,22)/t15-,16-/m0/s1. The van der Waals surface area contributed by atoms with E-state index in [0.29, 0.717) is 0 Å². The molecular formula is C19H28N2O7S. The summed E-state index contributed by atoms with van der Waals surface area (Å²) in [7, 11) is -3.65. The summed E-state index contributed by atoms with van der Waals surface area (Å²) in [5.41, 5.74) is 0.164. The Kier molecular flexibility index (Phi) is 7.48. The van der Waals surface area contributed by atoms with Crippen molar-refractivity contribution in [3.05, 3.63) is 35.9 Å². The largest absolute Gasteiger partial charge is 0.445 e. The van der Waals surface area contributed by atoms with Crippen LogP contribution in [-0.2, 0) is 30.4 Å². The number of amides is 2. The Morgan fingerprint density at radius 2 is 1.83 bits per heavy atom. The average molecular weight is 429 g/mol. The number of hydrogen-bond acceptors (Lipinski definition) is 7. The maximum absolute atomic E-state index is 12.4. The van der Waals surface area contributed by atoms with Crippen molar-refractivity contribution in [2.45, 2.75) is 39.0 Å². The van der Waals surface area contributed by atoms with E-state index < -0.39 is 39.9 Å². The first-order valence-electron chi connectivity index (χ1n) is 9.22. The van der Waals surface area contributed by atoms with Crippen LogP contribution in [-0.4, -0.2) is 63.1 Å². The molecule has 29 heavy (non-hydrogen) atoms. The van der Waals surface area contributed by atoms with Crippen molar-refractivity contribution in [3.63, 3.8) is 0 Å². The SMILES string of the molecule is CC(C)(C)OC(=O)N1C[C@@H](COS(C)(=O)=O)[C@@H](NC(=O)OCc2ccccc2)C1. The van der Waals surface area contributed by atoms with E-state index in [0.717, 1.165) is 11.8 Å². The van der Waals surface area contributed by atoms with Gasteiger partial charge in [-0.1, -0.05) is 30.3 Å². The van der Waals surface area contributed by atoms with Crippen LogP contribution in [0.25, 0.3) is 0 Å². The van der Waals surface area contributed by atoms with Crippen LogP contribution in [0.2, 0.25) is 0 Å². The number of benzene rings is 1. The summed E-state index contributed by atoms with van der Waals surface area (Å²) in [5.74, 6) is -0.429. The van der Waals surface area contributed by atoms with E-state index in [9.17, 15) is 18.0 Å². The van der Waals surface area contributed by atoms with E-state index in [1.165, 1.54) is 4.90 Å². The third-order valence-electron chi connectivity index (χ3n) is 4.10. The highest BCUT2D eigenvalue weighted by atomic mass is 32.2. The van der Waals surface area contributed by atoms with Crippen molar-refractivity contribution in [1.29, 1.82) is 0 Å². The molecule has 0 aromatic heterocycles. The van der Waals surface area contributed by atoms with Gasteiger partial charge < -0.3 is 19.7 Å². The van der Waals surface area contributed by atoms with Crippen LogP contribution < -0.4 is 5.32 Å². The predicted molar refractivity (Wildman–Crippen MR) is 106 cm³/mol. The molecule has 0 spiro atoms. The summed E-state index contributed by atoms with van der Waals surface area (Å²) in [6.45, 7) is 5.54. The van der Waals surface area contributed by atoms with Crippen LogP contribution in [0.1, 0.15) is 26.3 Å². The number of nitrogens with zero attached hydrogens (tertiary/aromatic N) is 1. The maximum Gasteiger partial charge on any atom is 0.410 e. The minimum absolute atomic E-state index is 0.0969. The Morgan fingerprint density at radius 3 is 2.41 bits per heavy atom. The van der Waals surface area contributed by atoms with E-state index in [2.05, 4.69) is 5.32 Å². The molecule has 1 aromatic rings. The fourth-order valence-electron chi connectivity index (χ4n) is 2.81. The molecule has 162 valence electrons. The highest BCUT2D eigenvalue weighted by Crippen LogP contribution is 2.21. The predicted octanol–water partition coefficient (Wildman–Crippen LogP) is 2.12. The molecule has 0 bridgehead atoms. The Labute approximate surface area is 171 Å². The van der Waals surface area contributed by atoms with Gasteiger partial charge in [0.1, 0.15) is 12.2 Å². The molecule has 0 saturated carbocycles. The van der Waals surface area contributed by atoms with Crippen LogP contribution in [0.5, 0.6) is 0 Å². The number of ether oxygens (including phenoxy) is 2. The van der Waals surface area contributed by atoms with E-state index in [1.54, 1.807) is 20.8 Å². The van der Waals surface area contributed by atoms with Crippen LogP contribution in [0.15, 0.2) is 30.3 Å². The molecule has 2 amide bonds. The number of alkyl carbamates (subject to hydrolysis) is 1. The Balaban J connectivity index is 1.98. The van der Waals surface area contributed by atoms with E-state index in [4.69, 9.17) is 13.7 Å². The van der Waals surface area contributed by atoms with E-state index in [1.807, 2.05) is 30.3 Å². The minimum Gasteiger partial charge on any atom is -0.445 e. The summed E-state index contributed by atoms with van der Waals surface area (Å²) in [5, 5.41) is 2.70. The number of hydrogen-bond donors (Lipinski definition) is 1. The molecule has 1 aromatic carbocycles. The topological polar surface area (TPSA) is 111 Å². The highest BCUT2D eigenvalue weighted by molar-refractivity contribution is 7.85. The molecule has 1 N–H and O–H groups in total. The molecule has 0 aliphatic carbocycles. The number of carbonyl (C=O) groups excluding carboxylic acids is 2. The summed E-state index contributed by atoms with van der Waals surface area (Å²) >= 11 is 0. The molecule has 2 atom stereocenters. The third-order valence-corrected chi connectivity index (χ3v) is 4.67. The Morgan fingerprint density at radius 1 is 1.17 bits per heavy atom. The molecular weight excluding hydrogens is 400 g/mol. The number of nitrogens with one attached hydrogen (secondary N) is 1. The first kappa shape index (κ1) is 23.0. The molecule has 0 radical (unpaired) electrons. The van der Waals surface area contributed by atoms with Gasteiger partial charge in [0, 0.05) is 19.0 Å². The summed E-state index contributed by atoms with van der Waals surface area (Å²) in [4.78, 5) is 26.0. The van der Waals surface area contributed by atoms with Crippen LogP contribution in [0, 0.1) is 5.92 Å². The number of likely N-dealkylation sites (tertiary alicyclic amines) is 1. The average Bonchev–Trinajstić information content (AvgIpc) is 3.00. The van der Waals surface area contributed by atoms with Gasteiger partial charge in [0.15, 0.2) is 0 Å². The van der Waals surface area contributed by atoms with Crippen molar-refractivity contribution < 1.29 is 31.7 Å². The van der Waals surface area contributed by atoms with Gasteiger partial charge in [-0.25, -0.2) is 9.59 Å². The van der Waals surface area contributed by atoms with Gasteiger partial charge in [0.25, 0.3) is 10.1 Å². The monoisotopic (exact) mass is 428 g/mol. The summed E-state index contributed by atoms with van der Waals surface area (Å²) in [6, 6.07) is 8.66. The van der Waals surface area contributed by atoms with Crippen molar-refractivity contribution in [2.24, 2.45) is 5.92 Å². The first-order chi connectivity index (χ1) is 13.4. The van der Waals surface area contributed by atoms with Gasteiger partial charge in [0.05, 0.1) is 18.9 Å². The Hall–Kier alpha value is -2.33. The van der Waals surface area contributed by atoms with Gasteiger partial charge in [-0.3, -0.25) is 4.18 Å². The van der Waals surface area contributed by atoms with Crippen LogP contribution >= 0.6 is 0 Å². The summed E-state index contributed by atoms with van der Waals surface area (Å²) in [6.07, 6.45) is -0.248. The second kappa shape index (κ2) is 9.45. The van der Waals surface area contributed by atoms with Crippen molar-refractivity contribution in [3.8, 4) is 0 Å². The third kappa shape index (κ3) is 8.28. The van der Waals surface area contributed by atoms with E-state index in [-0.39, 0.29) is 26.3 Å². The zero-order chi connectivity index (χ0) is 21.7. The zero-order valence-electron chi connectivity index (χ0n) is 17.1. The molecule has 2 rings (SSSR count). The van der Waals surface area contributed by atoms with Crippen LogP contribution in [0.4, 0.5) is 9.59 Å². The first-order valence-corrected chi connectivity index (χ1v) is 11.0. The molecule has 1 heterocycles. The lowest BCUT2D eigenvalue weighted by Crippen LogP contribution is -2.43. The normalized spacial score (nSPS) is 19.7. The fraction of sp³-hybridized carbons (Fsp3) is 0.579. The molecule has 10 heteroatoms. The van der Waals surface area contributed by atoms with Crippen molar-refractivity contribution >= 4 is 22.3 Å². The minimum atomic E-state index is -3.65. The van der Waals surface area contributed by atoms with Crippen molar-refractivity contribution in [1.82, 2.24) is 10.2 Å². The van der Waals surface area contributed by atoms with Gasteiger partial charge in [-0.2, -0.15) is 8.42 Å². The van der Waals surface area contributed by atoms with Crippen molar-refractivity contribution in [2.75, 3.05) is 26.0 Å². The quantitative estimate of drug-likeness (QED) is 0.691. The van der Waals surface area contributed by atoms with Gasteiger partial charge in [-0.15, -0.1) is 0 Å². The number of rotatable bonds is 6. The second-order valence-corrected chi connectivity index (χ2v) is 9.59. The lowest BCUT2D eigenvalue weighted by atomic mass is 10.1. The lowest BCUT2D eigenvalue weighted by Gasteiger charge is -2.24. The molecule has 1 aliphatic heterocycles. The number of carbonyl (C=O) groups is 2. The van der Waals surface area contributed by atoms with Gasteiger partial charge in [-0.05, 0) is 26.3 Å². The molecule has 9 nitrogen and oxygen atoms in total. The maximum atomic E-state index is 12.4. The van der Waals surface area contributed by atoms with Gasteiger partial charge >= 0.3 is 12.2 Å². The van der Waals surface area contributed by atoms with Crippen LogP contribution in [0.3, 0.4) is 0 Å². The van der Waals surface area contributed by atoms with Gasteiger partial charge in [0.2, 0.25) is 0 Å².